The Morgan fingerprint density at radius 1 is 0.850 bits per heavy atom. The van der Waals surface area contributed by atoms with Crippen LogP contribution in [0.25, 0.3) is 12.2 Å². The zero-order valence-corrected chi connectivity index (χ0v) is 11.5. The number of benzene rings is 1. The maximum atomic E-state index is 4.02. The molecule has 0 atom stereocenters. The van der Waals surface area contributed by atoms with Crippen molar-refractivity contribution >= 4 is 17.8 Å². The van der Waals surface area contributed by atoms with Gasteiger partial charge in [0.25, 0.3) is 0 Å². The first-order valence-corrected chi connectivity index (χ1v) is 7.06. The number of hydrogen-bond acceptors (Lipinski definition) is 3. The van der Waals surface area contributed by atoms with Crippen molar-refractivity contribution in [2.24, 2.45) is 0 Å². The summed E-state index contributed by atoms with van der Waals surface area (Å²) >= 11 is 0. The quantitative estimate of drug-likeness (QED) is 0.924. The van der Waals surface area contributed by atoms with Gasteiger partial charge in [-0.1, -0.05) is 24.3 Å². The summed E-state index contributed by atoms with van der Waals surface area (Å²) in [7, 11) is 0. The number of aromatic nitrogens is 1. The Hall–Kier alpha value is -2.13. The molecule has 0 amide bonds. The molecule has 102 valence electrons. The highest BCUT2D eigenvalue weighted by Crippen LogP contribution is 2.17. The third-order valence-corrected chi connectivity index (χ3v) is 3.55. The van der Waals surface area contributed by atoms with E-state index in [-0.39, 0.29) is 0 Å². The molecule has 1 saturated heterocycles. The second-order valence-corrected chi connectivity index (χ2v) is 4.94. The number of hydrogen-bond donors (Lipinski definition) is 1. The largest absolute Gasteiger partial charge is 0.369 e. The monoisotopic (exact) mass is 265 g/mol. The lowest BCUT2D eigenvalue weighted by Gasteiger charge is -2.29. The van der Waals surface area contributed by atoms with E-state index < -0.39 is 0 Å². The highest BCUT2D eigenvalue weighted by Gasteiger charge is 2.09. The summed E-state index contributed by atoms with van der Waals surface area (Å²) in [6.45, 7) is 4.33. The number of nitrogens with zero attached hydrogens (tertiary/aromatic N) is 2. The molecule has 0 aliphatic carbocycles. The number of piperazine rings is 1. The second-order valence-electron chi connectivity index (χ2n) is 4.94. The van der Waals surface area contributed by atoms with Gasteiger partial charge in [0.2, 0.25) is 0 Å². The van der Waals surface area contributed by atoms with Crippen LogP contribution < -0.4 is 10.2 Å². The SMILES string of the molecule is C(=C\c1ccc(N2CCNCC2)cc1)/c1ccncc1. The molecule has 3 heteroatoms. The predicted molar refractivity (Wildman–Crippen MR) is 84.7 cm³/mol. The highest BCUT2D eigenvalue weighted by molar-refractivity contribution is 5.70. The van der Waals surface area contributed by atoms with Gasteiger partial charge >= 0.3 is 0 Å². The van der Waals surface area contributed by atoms with Crippen LogP contribution in [0.4, 0.5) is 5.69 Å². The fourth-order valence-corrected chi connectivity index (χ4v) is 2.39. The van der Waals surface area contributed by atoms with Crippen LogP contribution in [-0.2, 0) is 0 Å². The van der Waals surface area contributed by atoms with Crippen molar-refractivity contribution < 1.29 is 0 Å². The van der Waals surface area contributed by atoms with Crippen LogP contribution in [0, 0.1) is 0 Å². The van der Waals surface area contributed by atoms with E-state index in [1.54, 1.807) is 0 Å². The summed E-state index contributed by atoms with van der Waals surface area (Å²) in [5, 5.41) is 3.38. The van der Waals surface area contributed by atoms with E-state index in [2.05, 4.69) is 51.6 Å². The molecule has 3 rings (SSSR count). The molecular formula is C17H19N3. The molecule has 0 saturated carbocycles. The van der Waals surface area contributed by atoms with Gasteiger partial charge in [0.05, 0.1) is 0 Å². The van der Waals surface area contributed by atoms with E-state index in [4.69, 9.17) is 0 Å². The lowest BCUT2D eigenvalue weighted by molar-refractivity contribution is 0.589. The van der Waals surface area contributed by atoms with Gasteiger partial charge in [0.15, 0.2) is 0 Å². The molecule has 0 unspecified atom stereocenters. The Bertz CT molecular complexity index is 555. The van der Waals surface area contributed by atoms with Gasteiger partial charge in [0.1, 0.15) is 0 Å². The standard InChI is InChI=1S/C17H19N3/c1(2-16-7-9-18-10-8-16)15-3-5-17(6-4-15)20-13-11-19-12-14-20/h1-10,19H,11-14H2/b2-1+. The van der Waals surface area contributed by atoms with Crippen LogP contribution in [0.15, 0.2) is 48.8 Å². The van der Waals surface area contributed by atoms with E-state index in [1.165, 1.54) is 16.8 Å². The number of pyridine rings is 1. The number of anilines is 1. The maximum Gasteiger partial charge on any atom is 0.0367 e. The highest BCUT2D eigenvalue weighted by atomic mass is 15.2. The smallest absolute Gasteiger partial charge is 0.0367 e. The third-order valence-electron chi connectivity index (χ3n) is 3.55. The Labute approximate surface area is 120 Å². The first-order chi connectivity index (χ1) is 9.92. The van der Waals surface area contributed by atoms with E-state index in [9.17, 15) is 0 Å². The fourth-order valence-electron chi connectivity index (χ4n) is 2.39. The molecule has 0 spiro atoms. The van der Waals surface area contributed by atoms with Crippen LogP contribution >= 0.6 is 0 Å². The topological polar surface area (TPSA) is 28.2 Å². The molecule has 1 fully saturated rings. The second kappa shape index (κ2) is 6.35. The van der Waals surface area contributed by atoms with Crippen LogP contribution in [0.2, 0.25) is 0 Å². The fraction of sp³-hybridized carbons (Fsp3) is 0.235. The lowest BCUT2D eigenvalue weighted by Crippen LogP contribution is -2.43. The molecule has 20 heavy (non-hydrogen) atoms. The summed E-state index contributed by atoms with van der Waals surface area (Å²) in [6.07, 6.45) is 7.87. The van der Waals surface area contributed by atoms with E-state index >= 15 is 0 Å². The molecular weight excluding hydrogens is 246 g/mol. The summed E-state index contributed by atoms with van der Waals surface area (Å²) in [5.74, 6) is 0. The van der Waals surface area contributed by atoms with Gasteiger partial charge in [-0.05, 0) is 35.4 Å². The van der Waals surface area contributed by atoms with Crippen LogP contribution in [0.1, 0.15) is 11.1 Å². The van der Waals surface area contributed by atoms with Crippen LogP contribution in [0.5, 0.6) is 0 Å². The molecule has 1 aliphatic rings. The Morgan fingerprint density at radius 3 is 2.10 bits per heavy atom. The minimum Gasteiger partial charge on any atom is -0.369 e. The van der Waals surface area contributed by atoms with Gasteiger partial charge in [-0.15, -0.1) is 0 Å². The van der Waals surface area contributed by atoms with Crippen LogP contribution in [-0.4, -0.2) is 31.2 Å². The van der Waals surface area contributed by atoms with E-state index in [1.807, 2.05) is 24.5 Å². The Balaban J connectivity index is 1.68. The summed E-state index contributed by atoms with van der Waals surface area (Å²) < 4.78 is 0. The van der Waals surface area contributed by atoms with Gasteiger partial charge in [-0.3, -0.25) is 4.98 Å². The van der Waals surface area contributed by atoms with E-state index in [0.29, 0.717) is 0 Å². The molecule has 2 heterocycles. The summed E-state index contributed by atoms with van der Waals surface area (Å²) in [4.78, 5) is 6.44. The minimum atomic E-state index is 1.07. The normalized spacial score (nSPS) is 15.7. The minimum absolute atomic E-state index is 1.07. The van der Waals surface area contributed by atoms with E-state index in [0.717, 1.165) is 26.2 Å². The maximum absolute atomic E-state index is 4.02. The average molecular weight is 265 g/mol. The molecule has 0 bridgehead atoms. The van der Waals surface area contributed by atoms with Crippen molar-refractivity contribution in [3.63, 3.8) is 0 Å². The number of nitrogens with one attached hydrogen (secondary N) is 1. The van der Waals surface area contributed by atoms with Crippen molar-refractivity contribution in [2.45, 2.75) is 0 Å². The van der Waals surface area contributed by atoms with Gasteiger partial charge in [-0.2, -0.15) is 0 Å². The molecule has 1 aromatic heterocycles. The molecule has 1 aromatic carbocycles. The zero-order valence-electron chi connectivity index (χ0n) is 11.5. The van der Waals surface area contributed by atoms with Gasteiger partial charge in [0, 0.05) is 44.3 Å². The number of rotatable bonds is 3. The first kappa shape index (κ1) is 12.9. The van der Waals surface area contributed by atoms with Crippen molar-refractivity contribution in [2.75, 3.05) is 31.1 Å². The van der Waals surface area contributed by atoms with Crippen molar-refractivity contribution in [1.29, 1.82) is 0 Å². The third kappa shape index (κ3) is 3.25. The zero-order chi connectivity index (χ0) is 13.6. The molecule has 3 nitrogen and oxygen atoms in total. The molecule has 1 aliphatic heterocycles. The summed E-state index contributed by atoms with van der Waals surface area (Å²) in [5.41, 5.74) is 3.71. The predicted octanol–water partition coefficient (Wildman–Crippen LogP) is 2.66. The van der Waals surface area contributed by atoms with Gasteiger partial charge < -0.3 is 10.2 Å². The molecule has 2 aromatic rings. The first-order valence-electron chi connectivity index (χ1n) is 7.06. The van der Waals surface area contributed by atoms with Crippen molar-refractivity contribution in [1.82, 2.24) is 10.3 Å². The van der Waals surface area contributed by atoms with Crippen molar-refractivity contribution in [3.05, 3.63) is 59.9 Å². The van der Waals surface area contributed by atoms with Gasteiger partial charge in [-0.25, -0.2) is 0 Å². The Morgan fingerprint density at radius 2 is 1.45 bits per heavy atom. The van der Waals surface area contributed by atoms with Crippen molar-refractivity contribution in [3.8, 4) is 0 Å². The molecule has 0 radical (unpaired) electrons. The Kier molecular flexibility index (Phi) is 4.09. The summed E-state index contributed by atoms with van der Waals surface area (Å²) in [6, 6.07) is 12.8. The lowest BCUT2D eigenvalue weighted by atomic mass is 10.1. The van der Waals surface area contributed by atoms with Crippen LogP contribution in [0.3, 0.4) is 0 Å². The molecule has 1 N–H and O–H groups in total. The average Bonchev–Trinajstić information content (AvgIpc) is 2.55.